The molecule has 2 aromatic rings. The van der Waals surface area contributed by atoms with Gasteiger partial charge >= 0.3 is 5.97 Å². The van der Waals surface area contributed by atoms with E-state index in [9.17, 15) is 14.7 Å². The van der Waals surface area contributed by atoms with Gasteiger partial charge in [0, 0.05) is 31.2 Å². The monoisotopic (exact) mass is 352 g/mol. The van der Waals surface area contributed by atoms with Gasteiger partial charge in [0.2, 0.25) is 0 Å². The number of hydrogen-bond donors (Lipinski definition) is 1. The lowest BCUT2D eigenvalue weighted by molar-refractivity contribution is -0.139. The third-order valence-electron chi connectivity index (χ3n) is 5.06. The van der Waals surface area contributed by atoms with Crippen molar-refractivity contribution in [1.29, 1.82) is 0 Å². The summed E-state index contributed by atoms with van der Waals surface area (Å²) in [5, 5.41) is 9.37. The van der Waals surface area contributed by atoms with Crippen LogP contribution in [0, 0.1) is 0 Å². The molecule has 1 amide bonds. The van der Waals surface area contributed by atoms with Gasteiger partial charge in [0.05, 0.1) is 12.5 Å². The molecule has 0 bridgehead atoms. The third kappa shape index (κ3) is 4.11. The summed E-state index contributed by atoms with van der Waals surface area (Å²) >= 11 is 0. The van der Waals surface area contributed by atoms with Crippen molar-refractivity contribution in [1.82, 2.24) is 9.80 Å². The number of carbonyl (C=O) groups excluding carboxylic acids is 1. The van der Waals surface area contributed by atoms with Crippen LogP contribution < -0.4 is 0 Å². The molecule has 1 heterocycles. The minimum Gasteiger partial charge on any atom is -0.481 e. The number of piperazine rings is 1. The lowest BCUT2D eigenvalue weighted by atomic mass is 9.97. The molecular formula is C21H24N2O3. The Balaban J connectivity index is 1.79. The van der Waals surface area contributed by atoms with Crippen LogP contribution in [-0.4, -0.2) is 52.0 Å². The smallest absolute Gasteiger partial charge is 0.305 e. The van der Waals surface area contributed by atoms with Crippen LogP contribution in [0.3, 0.4) is 0 Å². The molecule has 0 aliphatic carbocycles. The molecule has 2 aromatic carbocycles. The summed E-state index contributed by atoms with van der Waals surface area (Å²) in [7, 11) is 0. The molecule has 0 radical (unpaired) electrons. The first kappa shape index (κ1) is 18.1. The van der Waals surface area contributed by atoms with Crippen molar-refractivity contribution in [2.24, 2.45) is 0 Å². The van der Waals surface area contributed by atoms with Gasteiger partial charge in [-0.05, 0) is 24.6 Å². The highest BCUT2D eigenvalue weighted by molar-refractivity contribution is 5.94. The standard InChI is InChI=1S/C21H24N2O3/c1-16-19(14-20(24)25)23(21(26)18-10-6-3-7-11-18)13-12-22(16)15-17-8-4-2-5-9-17/h2-11,16,19H,12-15H2,1H3,(H,24,25)/t16-,19+/m0/s1. The number of rotatable bonds is 5. The molecule has 0 saturated carbocycles. The zero-order valence-electron chi connectivity index (χ0n) is 14.9. The highest BCUT2D eigenvalue weighted by atomic mass is 16.4. The predicted molar refractivity (Wildman–Crippen MR) is 99.8 cm³/mol. The summed E-state index contributed by atoms with van der Waals surface area (Å²) in [6.45, 7) is 4.03. The van der Waals surface area contributed by atoms with E-state index in [4.69, 9.17) is 0 Å². The van der Waals surface area contributed by atoms with Crippen LogP contribution in [0.2, 0.25) is 0 Å². The van der Waals surface area contributed by atoms with Gasteiger partial charge in [0.25, 0.3) is 5.91 Å². The first-order valence-corrected chi connectivity index (χ1v) is 8.92. The number of nitrogens with zero attached hydrogens (tertiary/aromatic N) is 2. The minimum absolute atomic E-state index is 0.0345. The van der Waals surface area contributed by atoms with Crippen molar-refractivity contribution < 1.29 is 14.7 Å². The maximum atomic E-state index is 12.9. The highest BCUT2D eigenvalue weighted by Gasteiger charge is 2.37. The van der Waals surface area contributed by atoms with E-state index in [1.54, 1.807) is 17.0 Å². The second kappa shape index (κ2) is 8.15. The van der Waals surface area contributed by atoms with Crippen molar-refractivity contribution in [2.75, 3.05) is 13.1 Å². The van der Waals surface area contributed by atoms with Crippen LogP contribution in [0.25, 0.3) is 0 Å². The number of hydrogen-bond acceptors (Lipinski definition) is 3. The number of aliphatic carboxylic acids is 1. The fraction of sp³-hybridized carbons (Fsp3) is 0.333. The van der Waals surface area contributed by atoms with Gasteiger partial charge in [-0.15, -0.1) is 0 Å². The molecule has 26 heavy (non-hydrogen) atoms. The van der Waals surface area contributed by atoms with E-state index in [-0.39, 0.29) is 24.4 Å². The van der Waals surface area contributed by atoms with Gasteiger partial charge in [0.15, 0.2) is 0 Å². The van der Waals surface area contributed by atoms with Crippen LogP contribution in [0.15, 0.2) is 60.7 Å². The summed E-state index contributed by atoms with van der Waals surface area (Å²) in [5.41, 5.74) is 1.79. The Morgan fingerprint density at radius 3 is 2.23 bits per heavy atom. The van der Waals surface area contributed by atoms with E-state index in [2.05, 4.69) is 17.0 Å². The molecule has 0 aromatic heterocycles. The summed E-state index contributed by atoms with van der Waals surface area (Å²) < 4.78 is 0. The molecule has 5 heteroatoms. The number of carbonyl (C=O) groups is 2. The topological polar surface area (TPSA) is 60.9 Å². The average Bonchev–Trinajstić information content (AvgIpc) is 2.66. The second-order valence-electron chi connectivity index (χ2n) is 6.73. The maximum absolute atomic E-state index is 12.9. The molecule has 1 N–H and O–H groups in total. The predicted octanol–water partition coefficient (Wildman–Crippen LogP) is 2.88. The Labute approximate surface area is 153 Å². The Hall–Kier alpha value is -2.66. The van der Waals surface area contributed by atoms with Gasteiger partial charge in [-0.1, -0.05) is 48.5 Å². The van der Waals surface area contributed by atoms with E-state index in [1.165, 1.54) is 5.56 Å². The fourth-order valence-corrected chi connectivity index (χ4v) is 3.61. The lowest BCUT2D eigenvalue weighted by Crippen LogP contribution is -2.60. The van der Waals surface area contributed by atoms with Crippen LogP contribution in [0.4, 0.5) is 0 Å². The fourth-order valence-electron chi connectivity index (χ4n) is 3.61. The normalized spacial score (nSPS) is 20.7. The largest absolute Gasteiger partial charge is 0.481 e. The first-order chi connectivity index (χ1) is 12.6. The number of amides is 1. The van der Waals surface area contributed by atoms with E-state index in [1.807, 2.05) is 43.3 Å². The van der Waals surface area contributed by atoms with Gasteiger partial charge < -0.3 is 10.0 Å². The zero-order valence-corrected chi connectivity index (χ0v) is 14.9. The molecule has 0 spiro atoms. The molecule has 0 unspecified atom stereocenters. The quantitative estimate of drug-likeness (QED) is 0.899. The summed E-state index contributed by atoms with van der Waals surface area (Å²) in [4.78, 5) is 28.3. The van der Waals surface area contributed by atoms with E-state index in [0.717, 1.165) is 13.1 Å². The van der Waals surface area contributed by atoms with E-state index in [0.29, 0.717) is 12.1 Å². The number of benzene rings is 2. The maximum Gasteiger partial charge on any atom is 0.305 e. The third-order valence-corrected chi connectivity index (χ3v) is 5.06. The Morgan fingerprint density at radius 1 is 1.00 bits per heavy atom. The molecule has 5 nitrogen and oxygen atoms in total. The second-order valence-corrected chi connectivity index (χ2v) is 6.73. The van der Waals surface area contributed by atoms with Crippen molar-refractivity contribution in [2.45, 2.75) is 32.0 Å². The molecule has 2 atom stereocenters. The number of carboxylic acid groups (broad SMARTS) is 1. The Kier molecular flexibility index (Phi) is 5.68. The van der Waals surface area contributed by atoms with Crippen LogP contribution in [0.1, 0.15) is 29.3 Å². The van der Waals surface area contributed by atoms with Crippen molar-refractivity contribution in [3.8, 4) is 0 Å². The molecular weight excluding hydrogens is 328 g/mol. The summed E-state index contributed by atoms with van der Waals surface area (Å²) in [6.07, 6.45) is -0.0506. The summed E-state index contributed by atoms with van der Waals surface area (Å²) in [6, 6.07) is 18.8. The summed E-state index contributed by atoms with van der Waals surface area (Å²) in [5.74, 6) is -0.975. The van der Waals surface area contributed by atoms with E-state index < -0.39 is 5.97 Å². The SMILES string of the molecule is C[C@H]1[C@@H](CC(=O)O)N(C(=O)c2ccccc2)CCN1Cc1ccccc1. The van der Waals surface area contributed by atoms with Crippen molar-refractivity contribution in [3.05, 3.63) is 71.8 Å². The first-order valence-electron chi connectivity index (χ1n) is 8.92. The van der Waals surface area contributed by atoms with E-state index >= 15 is 0 Å². The molecule has 1 fully saturated rings. The highest BCUT2D eigenvalue weighted by Crippen LogP contribution is 2.24. The molecule has 3 rings (SSSR count). The molecule has 1 aliphatic heterocycles. The zero-order chi connectivity index (χ0) is 18.5. The van der Waals surface area contributed by atoms with Gasteiger partial charge in [0.1, 0.15) is 0 Å². The van der Waals surface area contributed by atoms with Crippen LogP contribution in [0.5, 0.6) is 0 Å². The average molecular weight is 352 g/mol. The van der Waals surface area contributed by atoms with Gasteiger partial charge in [-0.2, -0.15) is 0 Å². The lowest BCUT2D eigenvalue weighted by Gasteiger charge is -2.46. The van der Waals surface area contributed by atoms with Crippen LogP contribution in [-0.2, 0) is 11.3 Å². The number of carboxylic acids is 1. The van der Waals surface area contributed by atoms with Crippen molar-refractivity contribution >= 4 is 11.9 Å². The molecule has 1 saturated heterocycles. The van der Waals surface area contributed by atoms with Crippen molar-refractivity contribution in [3.63, 3.8) is 0 Å². The molecule has 1 aliphatic rings. The van der Waals surface area contributed by atoms with Crippen LogP contribution >= 0.6 is 0 Å². The Bertz CT molecular complexity index is 748. The van der Waals surface area contributed by atoms with Gasteiger partial charge in [-0.3, -0.25) is 14.5 Å². The minimum atomic E-state index is -0.880. The molecule has 136 valence electrons. The van der Waals surface area contributed by atoms with Gasteiger partial charge in [-0.25, -0.2) is 0 Å². The Morgan fingerprint density at radius 2 is 1.62 bits per heavy atom.